The molecule has 0 radical (unpaired) electrons. The Morgan fingerprint density at radius 2 is 1.91 bits per heavy atom. The SMILES string of the molecule is O=C(NCc1cccc(F)c1)c1cc(=O)c2ccccc2o1. The molecule has 0 aliphatic rings. The van der Waals surface area contributed by atoms with Crippen LogP contribution in [0.5, 0.6) is 0 Å². The van der Waals surface area contributed by atoms with E-state index in [4.69, 9.17) is 4.42 Å². The van der Waals surface area contributed by atoms with Crippen molar-refractivity contribution in [3.8, 4) is 0 Å². The van der Waals surface area contributed by atoms with Crippen molar-refractivity contribution in [1.29, 1.82) is 0 Å². The number of benzene rings is 2. The van der Waals surface area contributed by atoms with Crippen LogP contribution in [0.2, 0.25) is 0 Å². The van der Waals surface area contributed by atoms with E-state index < -0.39 is 5.91 Å². The first-order valence-electron chi connectivity index (χ1n) is 6.69. The quantitative estimate of drug-likeness (QED) is 0.808. The average Bonchev–Trinajstić information content (AvgIpc) is 2.52. The van der Waals surface area contributed by atoms with Crippen LogP contribution in [0.3, 0.4) is 0 Å². The molecule has 0 saturated carbocycles. The zero-order valence-electron chi connectivity index (χ0n) is 11.5. The molecule has 0 aliphatic carbocycles. The Morgan fingerprint density at radius 1 is 1.09 bits per heavy atom. The number of hydrogen-bond donors (Lipinski definition) is 1. The lowest BCUT2D eigenvalue weighted by Crippen LogP contribution is -2.24. The van der Waals surface area contributed by atoms with Crippen molar-refractivity contribution in [3.63, 3.8) is 0 Å². The van der Waals surface area contributed by atoms with E-state index in [1.54, 1.807) is 36.4 Å². The van der Waals surface area contributed by atoms with Crippen molar-refractivity contribution in [2.75, 3.05) is 0 Å². The third-order valence-corrected chi connectivity index (χ3v) is 3.20. The van der Waals surface area contributed by atoms with Crippen LogP contribution < -0.4 is 10.7 Å². The van der Waals surface area contributed by atoms with Gasteiger partial charge in [-0.3, -0.25) is 9.59 Å². The van der Waals surface area contributed by atoms with Crippen molar-refractivity contribution >= 4 is 16.9 Å². The van der Waals surface area contributed by atoms with Gasteiger partial charge in [0.05, 0.1) is 5.39 Å². The maximum Gasteiger partial charge on any atom is 0.287 e. The van der Waals surface area contributed by atoms with Gasteiger partial charge in [0.2, 0.25) is 0 Å². The molecule has 0 unspecified atom stereocenters. The lowest BCUT2D eigenvalue weighted by Gasteiger charge is -2.05. The smallest absolute Gasteiger partial charge is 0.287 e. The van der Waals surface area contributed by atoms with Gasteiger partial charge in [-0.25, -0.2) is 4.39 Å². The van der Waals surface area contributed by atoms with Crippen LogP contribution in [0, 0.1) is 5.82 Å². The second kappa shape index (κ2) is 5.81. The van der Waals surface area contributed by atoms with Crippen molar-refractivity contribution < 1.29 is 13.6 Å². The first-order chi connectivity index (χ1) is 10.6. The van der Waals surface area contributed by atoms with Crippen LogP contribution in [-0.2, 0) is 6.54 Å². The molecule has 5 heteroatoms. The number of fused-ring (bicyclic) bond motifs is 1. The summed E-state index contributed by atoms with van der Waals surface area (Å²) in [6.45, 7) is 0.146. The van der Waals surface area contributed by atoms with Crippen molar-refractivity contribution in [2.24, 2.45) is 0 Å². The molecule has 3 rings (SSSR count). The van der Waals surface area contributed by atoms with Gasteiger partial charge in [-0.2, -0.15) is 0 Å². The van der Waals surface area contributed by atoms with Gasteiger partial charge in [0, 0.05) is 12.6 Å². The Hall–Kier alpha value is -2.95. The Kier molecular flexibility index (Phi) is 3.70. The molecule has 0 aliphatic heterocycles. The van der Waals surface area contributed by atoms with E-state index in [0.29, 0.717) is 16.5 Å². The number of carbonyl (C=O) groups is 1. The number of rotatable bonds is 3. The minimum atomic E-state index is -0.521. The Bertz CT molecular complexity index is 902. The van der Waals surface area contributed by atoms with Gasteiger partial charge in [0.1, 0.15) is 11.4 Å². The summed E-state index contributed by atoms with van der Waals surface area (Å²) in [4.78, 5) is 24.0. The van der Waals surface area contributed by atoms with Crippen molar-refractivity contribution in [2.45, 2.75) is 6.54 Å². The monoisotopic (exact) mass is 297 g/mol. The molecular formula is C17H12FNO3. The van der Waals surface area contributed by atoms with Gasteiger partial charge >= 0.3 is 0 Å². The number of amides is 1. The normalized spacial score (nSPS) is 10.6. The molecule has 0 fully saturated rings. The van der Waals surface area contributed by atoms with Gasteiger partial charge in [0.25, 0.3) is 5.91 Å². The average molecular weight is 297 g/mol. The summed E-state index contributed by atoms with van der Waals surface area (Å²) in [5.74, 6) is -0.962. The molecule has 2 aromatic carbocycles. The zero-order valence-corrected chi connectivity index (χ0v) is 11.5. The van der Waals surface area contributed by atoms with E-state index in [2.05, 4.69) is 5.32 Å². The van der Waals surface area contributed by atoms with Gasteiger partial charge in [0.15, 0.2) is 11.2 Å². The first kappa shape index (κ1) is 14.0. The minimum Gasteiger partial charge on any atom is -0.451 e. The third kappa shape index (κ3) is 2.88. The summed E-state index contributed by atoms with van der Waals surface area (Å²) in [6.07, 6.45) is 0. The van der Waals surface area contributed by atoms with E-state index in [-0.39, 0.29) is 23.6 Å². The Balaban J connectivity index is 1.82. The number of halogens is 1. The highest BCUT2D eigenvalue weighted by Crippen LogP contribution is 2.12. The lowest BCUT2D eigenvalue weighted by atomic mass is 10.2. The molecule has 3 aromatic rings. The molecule has 0 spiro atoms. The highest BCUT2D eigenvalue weighted by molar-refractivity contribution is 5.93. The second-order valence-corrected chi connectivity index (χ2v) is 4.78. The number of nitrogens with one attached hydrogen (secondary N) is 1. The van der Waals surface area contributed by atoms with Crippen molar-refractivity contribution in [1.82, 2.24) is 5.32 Å². The number of hydrogen-bond acceptors (Lipinski definition) is 3. The molecular weight excluding hydrogens is 285 g/mol. The Labute approximate surface area is 125 Å². The highest BCUT2D eigenvalue weighted by atomic mass is 19.1. The van der Waals surface area contributed by atoms with Crippen LogP contribution in [0.1, 0.15) is 16.1 Å². The molecule has 0 bridgehead atoms. The number of carbonyl (C=O) groups excluding carboxylic acids is 1. The summed E-state index contributed by atoms with van der Waals surface area (Å²) in [6, 6.07) is 13.8. The summed E-state index contributed by atoms with van der Waals surface area (Å²) in [7, 11) is 0. The van der Waals surface area contributed by atoms with Gasteiger partial charge in [-0.1, -0.05) is 24.3 Å². The van der Waals surface area contributed by atoms with Crippen LogP contribution in [0.15, 0.2) is 63.8 Å². The molecule has 1 aromatic heterocycles. The summed E-state index contributed by atoms with van der Waals surface area (Å²) >= 11 is 0. The fraction of sp³-hybridized carbons (Fsp3) is 0.0588. The predicted molar refractivity (Wildman–Crippen MR) is 80.1 cm³/mol. The second-order valence-electron chi connectivity index (χ2n) is 4.78. The maximum atomic E-state index is 13.1. The molecule has 1 amide bonds. The van der Waals surface area contributed by atoms with Gasteiger partial charge in [-0.05, 0) is 29.8 Å². The van der Waals surface area contributed by atoms with E-state index in [0.717, 1.165) is 6.07 Å². The molecule has 0 atom stereocenters. The van der Waals surface area contributed by atoms with Crippen LogP contribution in [-0.4, -0.2) is 5.91 Å². The van der Waals surface area contributed by atoms with E-state index in [1.165, 1.54) is 12.1 Å². The van der Waals surface area contributed by atoms with E-state index >= 15 is 0 Å². The topological polar surface area (TPSA) is 59.3 Å². The molecule has 1 N–H and O–H groups in total. The molecule has 4 nitrogen and oxygen atoms in total. The summed E-state index contributed by atoms with van der Waals surface area (Å²) in [5, 5.41) is 3.02. The summed E-state index contributed by atoms with van der Waals surface area (Å²) < 4.78 is 18.5. The Morgan fingerprint density at radius 3 is 2.73 bits per heavy atom. The lowest BCUT2D eigenvalue weighted by molar-refractivity contribution is 0.0923. The minimum absolute atomic E-state index is 0.0693. The van der Waals surface area contributed by atoms with Crippen molar-refractivity contribution in [3.05, 3.63) is 82.0 Å². The maximum absolute atomic E-state index is 13.1. The van der Waals surface area contributed by atoms with Crippen LogP contribution in [0.4, 0.5) is 4.39 Å². The van der Waals surface area contributed by atoms with E-state index in [9.17, 15) is 14.0 Å². The zero-order chi connectivity index (χ0) is 15.5. The number of para-hydroxylation sites is 1. The van der Waals surface area contributed by atoms with E-state index in [1.807, 2.05) is 0 Å². The summed E-state index contributed by atoms with van der Waals surface area (Å²) in [5.41, 5.74) is 0.695. The van der Waals surface area contributed by atoms with Gasteiger partial charge < -0.3 is 9.73 Å². The molecule has 0 saturated heterocycles. The van der Waals surface area contributed by atoms with Crippen LogP contribution in [0.25, 0.3) is 11.0 Å². The fourth-order valence-corrected chi connectivity index (χ4v) is 2.13. The van der Waals surface area contributed by atoms with Crippen LogP contribution >= 0.6 is 0 Å². The third-order valence-electron chi connectivity index (χ3n) is 3.20. The highest BCUT2D eigenvalue weighted by Gasteiger charge is 2.11. The fourth-order valence-electron chi connectivity index (χ4n) is 2.13. The standard InChI is InChI=1S/C17H12FNO3/c18-12-5-3-4-11(8-12)10-19-17(21)16-9-14(20)13-6-1-2-7-15(13)22-16/h1-9H,10H2,(H,19,21). The largest absolute Gasteiger partial charge is 0.451 e. The van der Waals surface area contributed by atoms with Gasteiger partial charge in [-0.15, -0.1) is 0 Å². The molecule has 22 heavy (non-hydrogen) atoms. The molecule has 110 valence electrons. The molecule has 1 heterocycles. The first-order valence-corrected chi connectivity index (χ1v) is 6.69. The predicted octanol–water partition coefficient (Wildman–Crippen LogP) is 2.86.